The zero-order chi connectivity index (χ0) is 11.2. The number of rotatable bonds is 1. The first-order chi connectivity index (χ1) is 6.92. The molecule has 0 unspecified atom stereocenters. The summed E-state index contributed by atoms with van der Waals surface area (Å²) in [7, 11) is 0. The normalized spacial score (nSPS) is 30.1. The van der Waals surface area contributed by atoms with Crippen LogP contribution in [0.15, 0.2) is 12.1 Å². The minimum atomic E-state index is -1.04. The summed E-state index contributed by atoms with van der Waals surface area (Å²) in [6, 6.07) is 3.35. The quantitative estimate of drug-likeness (QED) is 0.740. The molecular weight excluding hydrogens is 193 g/mol. The third-order valence-corrected chi connectivity index (χ3v) is 3.10. The fraction of sp³-hybridized carbons (Fsp3) is 0.500. The van der Waals surface area contributed by atoms with Crippen LogP contribution in [0.2, 0.25) is 0 Å². The van der Waals surface area contributed by atoms with Crippen molar-refractivity contribution >= 4 is 0 Å². The van der Waals surface area contributed by atoms with E-state index in [0.29, 0.717) is 18.4 Å². The highest BCUT2D eigenvalue weighted by Gasteiger charge is 2.44. The van der Waals surface area contributed by atoms with Crippen LogP contribution < -0.4 is 5.73 Å². The lowest BCUT2D eigenvalue weighted by molar-refractivity contribution is -0.0554. The topological polar surface area (TPSA) is 46.2 Å². The second-order valence-corrected chi connectivity index (χ2v) is 4.64. The minimum Gasteiger partial charge on any atom is -0.385 e. The first kappa shape index (κ1) is 10.6. The molecule has 2 nitrogen and oxygen atoms in total. The average Bonchev–Trinajstić information content (AvgIpc) is 1.98. The number of nitrogens with two attached hydrogens (primary N) is 1. The van der Waals surface area contributed by atoms with E-state index in [1.807, 2.05) is 19.9 Å². The Morgan fingerprint density at radius 2 is 2.00 bits per heavy atom. The monoisotopic (exact) mass is 209 g/mol. The second kappa shape index (κ2) is 3.29. The maximum absolute atomic E-state index is 13.8. The fourth-order valence-electron chi connectivity index (χ4n) is 2.52. The molecule has 2 rings (SSSR count). The van der Waals surface area contributed by atoms with Gasteiger partial charge in [-0.05, 0) is 43.9 Å². The first-order valence-corrected chi connectivity index (χ1v) is 5.17. The highest BCUT2D eigenvalue weighted by Crippen LogP contribution is 2.43. The van der Waals surface area contributed by atoms with E-state index in [1.165, 1.54) is 6.07 Å². The van der Waals surface area contributed by atoms with Crippen LogP contribution in [0.3, 0.4) is 0 Å². The molecule has 1 fully saturated rings. The van der Waals surface area contributed by atoms with E-state index in [9.17, 15) is 9.50 Å². The van der Waals surface area contributed by atoms with Gasteiger partial charge >= 0.3 is 0 Å². The predicted octanol–water partition coefficient (Wildman–Crippen LogP) is 1.75. The first-order valence-electron chi connectivity index (χ1n) is 5.17. The molecule has 0 aliphatic heterocycles. The van der Waals surface area contributed by atoms with Crippen molar-refractivity contribution in [2.75, 3.05) is 0 Å². The van der Waals surface area contributed by atoms with E-state index < -0.39 is 5.60 Å². The van der Waals surface area contributed by atoms with Crippen molar-refractivity contribution in [2.45, 2.75) is 38.3 Å². The second-order valence-electron chi connectivity index (χ2n) is 4.64. The molecule has 1 aliphatic carbocycles. The van der Waals surface area contributed by atoms with Crippen molar-refractivity contribution < 1.29 is 9.50 Å². The van der Waals surface area contributed by atoms with Crippen molar-refractivity contribution in [1.29, 1.82) is 0 Å². The SMILES string of the molecule is Cc1cc(C)c(C2(O)CC(N)C2)c(F)c1. The fourth-order valence-corrected chi connectivity index (χ4v) is 2.52. The predicted molar refractivity (Wildman–Crippen MR) is 57.0 cm³/mol. The molecule has 0 radical (unpaired) electrons. The van der Waals surface area contributed by atoms with Crippen LogP contribution in [-0.2, 0) is 5.60 Å². The van der Waals surface area contributed by atoms with E-state index in [-0.39, 0.29) is 11.9 Å². The molecule has 0 aromatic heterocycles. The van der Waals surface area contributed by atoms with Crippen LogP contribution in [0.5, 0.6) is 0 Å². The molecule has 3 heteroatoms. The Bertz CT molecular complexity index is 374. The summed E-state index contributed by atoms with van der Waals surface area (Å²) in [6.45, 7) is 3.67. The lowest BCUT2D eigenvalue weighted by atomic mass is 9.70. The van der Waals surface area contributed by atoms with Gasteiger partial charge in [0.25, 0.3) is 0 Å². The summed E-state index contributed by atoms with van der Waals surface area (Å²) in [6.07, 6.45) is 0.904. The summed E-state index contributed by atoms with van der Waals surface area (Å²) in [4.78, 5) is 0. The number of hydrogen-bond acceptors (Lipinski definition) is 2. The molecule has 3 N–H and O–H groups in total. The molecule has 0 heterocycles. The van der Waals surface area contributed by atoms with Gasteiger partial charge in [0, 0.05) is 11.6 Å². The summed E-state index contributed by atoms with van der Waals surface area (Å²) in [5, 5.41) is 10.2. The number of aliphatic hydroxyl groups is 1. The summed E-state index contributed by atoms with van der Waals surface area (Å²) in [5.41, 5.74) is 6.71. The van der Waals surface area contributed by atoms with Gasteiger partial charge in [-0.3, -0.25) is 0 Å². The van der Waals surface area contributed by atoms with Crippen LogP contribution >= 0.6 is 0 Å². The Labute approximate surface area is 88.9 Å². The van der Waals surface area contributed by atoms with Gasteiger partial charge in [-0.15, -0.1) is 0 Å². The number of benzene rings is 1. The number of halogens is 1. The molecule has 0 atom stereocenters. The van der Waals surface area contributed by atoms with E-state index >= 15 is 0 Å². The largest absolute Gasteiger partial charge is 0.385 e. The minimum absolute atomic E-state index is 0.00453. The molecule has 15 heavy (non-hydrogen) atoms. The van der Waals surface area contributed by atoms with Crippen LogP contribution in [-0.4, -0.2) is 11.1 Å². The standard InChI is InChI=1S/C12H16FNO/c1-7-3-8(2)11(10(13)4-7)12(15)5-9(14)6-12/h3-4,9,15H,5-6,14H2,1-2H3. The van der Waals surface area contributed by atoms with Crippen LogP contribution in [0.4, 0.5) is 4.39 Å². The molecular formula is C12H16FNO. The molecule has 1 aromatic rings. The lowest BCUT2D eigenvalue weighted by Gasteiger charge is -2.43. The van der Waals surface area contributed by atoms with Gasteiger partial charge in [0.05, 0.1) is 5.60 Å². The summed E-state index contributed by atoms with van der Waals surface area (Å²) in [5.74, 6) is -0.318. The zero-order valence-electron chi connectivity index (χ0n) is 9.05. The third-order valence-electron chi connectivity index (χ3n) is 3.10. The van der Waals surface area contributed by atoms with Gasteiger partial charge in [-0.1, -0.05) is 6.07 Å². The van der Waals surface area contributed by atoms with E-state index in [4.69, 9.17) is 5.73 Å². The summed E-state index contributed by atoms with van der Waals surface area (Å²) >= 11 is 0. The Kier molecular flexibility index (Phi) is 2.32. The van der Waals surface area contributed by atoms with Crippen LogP contribution in [0.1, 0.15) is 29.5 Å². The van der Waals surface area contributed by atoms with E-state index in [0.717, 1.165) is 11.1 Å². The van der Waals surface area contributed by atoms with Crippen LogP contribution in [0, 0.1) is 19.7 Å². The van der Waals surface area contributed by atoms with Gasteiger partial charge in [0.2, 0.25) is 0 Å². The van der Waals surface area contributed by atoms with Gasteiger partial charge in [0.1, 0.15) is 5.82 Å². The maximum atomic E-state index is 13.8. The van der Waals surface area contributed by atoms with Crippen molar-refractivity contribution in [1.82, 2.24) is 0 Å². The lowest BCUT2D eigenvalue weighted by Crippen LogP contribution is -2.49. The highest BCUT2D eigenvalue weighted by atomic mass is 19.1. The maximum Gasteiger partial charge on any atom is 0.129 e. The molecule has 1 aromatic carbocycles. The van der Waals surface area contributed by atoms with Gasteiger partial charge in [-0.2, -0.15) is 0 Å². The average molecular weight is 209 g/mol. The Morgan fingerprint density at radius 1 is 1.40 bits per heavy atom. The van der Waals surface area contributed by atoms with Gasteiger partial charge in [0.15, 0.2) is 0 Å². The molecule has 82 valence electrons. The highest BCUT2D eigenvalue weighted by molar-refractivity contribution is 5.38. The van der Waals surface area contributed by atoms with E-state index in [1.54, 1.807) is 0 Å². The Hall–Kier alpha value is -0.930. The van der Waals surface area contributed by atoms with Crippen molar-refractivity contribution in [2.24, 2.45) is 5.73 Å². The number of aryl methyl sites for hydroxylation is 2. The van der Waals surface area contributed by atoms with Gasteiger partial charge < -0.3 is 10.8 Å². The Morgan fingerprint density at radius 3 is 2.47 bits per heavy atom. The molecule has 0 spiro atoms. The van der Waals surface area contributed by atoms with Crippen molar-refractivity contribution in [3.05, 3.63) is 34.6 Å². The summed E-state index contributed by atoms with van der Waals surface area (Å²) < 4.78 is 13.8. The molecule has 0 saturated heterocycles. The van der Waals surface area contributed by atoms with Crippen LogP contribution in [0.25, 0.3) is 0 Å². The van der Waals surface area contributed by atoms with Crippen molar-refractivity contribution in [3.63, 3.8) is 0 Å². The molecule has 1 saturated carbocycles. The molecule has 1 aliphatic rings. The Balaban J connectivity index is 2.45. The van der Waals surface area contributed by atoms with Gasteiger partial charge in [-0.25, -0.2) is 4.39 Å². The molecule has 0 amide bonds. The zero-order valence-corrected chi connectivity index (χ0v) is 9.05. The van der Waals surface area contributed by atoms with Crippen molar-refractivity contribution in [3.8, 4) is 0 Å². The third kappa shape index (κ3) is 1.66. The number of hydrogen-bond donors (Lipinski definition) is 2. The molecule has 0 bridgehead atoms. The smallest absolute Gasteiger partial charge is 0.129 e. The van der Waals surface area contributed by atoms with E-state index in [2.05, 4.69) is 0 Å².